The number of carbonyl (C=O) groups is 1. The molecule has 0 spiro atoms. The zero-order valence-corrected chi connectivity index (χ0v) is 8.98. The normalized spacial score (nSPS) is 13.5. The molecule has 76 valence electrons. The lowest BCUT2D eigenvalue weighted by atomic mass is 10.1. The Morgan fingerprint density at radius 1 is 1.54 bits per heavy atom. The van der Waals surface area contributed by atoms with Crippen LogP contribution < -0.4 is 10.6 Å². The van der Waals surface area contributed by atoms with E-state index in [1.165, 1.54) is 0 Å². The molecule has 1 unspecified atom stereocenters. The molecule has 1 atom stereocenters. The van der Waals surface area contributed by atoms with Crippen LogP contribution in [0.3, 0.4) is 0 Å². The maximum Gasteiger partial charge on any atom is 0.234 e. The summed E-state index contributed by atoms with van der Waals surface area (Å²) in [6.07, 6.45) is 1.70. The van der Waals surface area contributed by atoms with Crippen molar-refractivity contribution in [2.45, 2.75) is 39.3 Å². The Balaban J connectivity index is 3.70. The van der Waals surface area contributed by atoms with Crippen molar-refractivity contribution in [3.05, 3.63) is 12.7 Å². The molecule has 0 saturated heterocycles. The Labute approximate surface area is 80.6 Å². The average molecular weight is 184 g/mol. The van der Waals surface area contributed by atoms with Crippen LogP contribution in [-0.4, -0.2) is 24.0 Å². The summed E-state index contributed by atoms with van der Waals surface area (Å²) in [6.45, 7) is 11.9. The van der Waals surface area contributed by atoms with Gasteiger partial charge in [-0.25, -0.2) is 0 Å². The molecule has 0 aliphatic rings. The van der Waals surface area contributed by atoms with Crippen LogP contribution in [0.25, 0.3) is 0 Å². The van der Waals surface area contributed by atoms with Crippen LogP contribution in [0, 0.1) is 0 Å². The van der Waals surface area contributed by atoms with Crippen molar-refractivity contribution in [1.82, 2.24) is 10.6 Å². The molecule has 0 aliphatic carbocycles. The van der Waals surface area contributed by atoms with Gasteiger partial charge < -0.3 is 10.6 Å². The summed E-state index contributed by atoms with van der Waals surface area (Å²) < 4.78 is 0. The fourth-order valence-corrected chi connectivity index (χ4v) is 0.709. The minimum absolute atomic E-state index is 0.00215. The Bertz CT molecular complexity index is 182. The zero-order chi connectivity index (χ0) is 10.5. The van der Waals surface area contributed by atoms with Gasteiger partial charge in [0.2, 0.25) is 5.91 Å². The summed E-state index contributed by atoms with van der Waals surface area (Å²) in [7, 11) is 0. The van der Waals surface area contributed by atoms with Gasteiger partial charge in [0, 0.05) is 11.6 Å². The molecule has 0 saturated carbocycles. The molecule has 0 fully saturated rings. The molecule has 13 heavy (non-hydrogen) atoms. The first-order valence-corrected chi connectivity index (χ1v) is 4.52. The number of nitrogens with one attached hydrogen (secondary N) is 2. The zero-order valence-electron chi connectivity index (χ0n) is 8.98. The quantitative estimate of drug-likeness (QED) is 0.642. The highest BCUT2D eigenvalue weighted by molar-refractivity contribution is 5.78. The molecule has 0 radical (unpaired) electrons. The first-order chi connectivity index (χ1) is 5.85. The van der Waals surface area contributed by atoms with Crippen molar-refractivity contribution in [2.75, 3.05) is 6.54 Å². The Hall–Kier alpha value is -0.830. The largest absolute Gasteiger partial charge is 0.349 e. The van der Waals surface area contributed by atoms with E-state index < -0.39 is 0 Å². The molecule has 0 aromatic carbocycles. The summed E-state index contributed by atoms with van der Waals surface area (Å²) in [4.78, 5) is 11.2. The SMILES string of the molecule is C=CC(C)NC(=O)CNC(C)(C)C. The fourth-order valence-electron chi connectivity index (χ4n) is 0.709. The standard InChI is InChI=1S/C10H20N2O/c1-6-8(2)12-9(13)7-11-10(3,4)5/h6,8,11H,1,7H2,2-5H3,(H,12,13). The number of carbonyl (C=O) groups excluding carboxylic acids is 1. The van der Waals surface area contributed by atoms with Gasteiger partial charge in [0.25, 0.3) is 0 Å². The highest BCUT2D eigenvalue weighted by atomic mass is 16.1. The molecular weight excluding hydrogens is 164 g/mol. The summed E-state index contributed by atoms with van der Waals surface area (Å²) >= 11 is 0. The molecule has 1 amide bonds. The second-order valence-electron chi connectivity index (χ2n) is 4.20. The number of hydrogen-bond acceptors (Lipinski definition) is 2. The van der Waals surface area contributed by atoms with Crippen molar-refractivity contribution in [3.8, 4) is 0 Å². The Kier molecular flexibility index (Phi) is 4.70. The van der Waals surface area contributed by atoms with E-state index in [1.807, 2.05) is 27.7 Å². The van der Waals surface area contributed by atoms with E-state index in [2.05, 4.69) is 17.2 Å². The van der Waals surface area contributed by atoms with Gasteiger partial charge in [-0.05, 0) is 27.7 Å². The molecule has 0 bridgehead atoms. The highest BCUT2D eigenvalue weighted by Crippen LogP contribution is 1.96. The fraction of sp³-hybridized carbons (Fsp3) is 0.700. The number of rotatable bonds is 4. The monoisotopic (exact) mass is 184 g/mol. The predicted octanol–water partition coefficient (Wildman–Crippen LogP) is 1.07. The van der Waals surface area contributed by atoms with Gasteiger partial charge in [0.05, 0.1) is 6.54 Å². The maximum absolute atomic E-state index is 11.2. The van der Waals surface area contributed by atoms with Crippen molar-refractivity contribution in [3.63, 3.8) is 0 Å². The molecule has 0 aromatic rings. The molecule has 2 N–H and O–H groups in total. The van der Waals surface area contributed by atoms with E-state index in [1.54, 1.807) is 6.08 Å². The van der Waals surface area contributed by atoms with E-state index in [0.29, 0.717) is 6.54 Å². The van der Waals surface area contributed by atoms with Crippen molar-refractivity contribution in [1.29, 1.82) is 0 Å². The summed E-state index contributed by atoms with van der Waals surface area (Å²) in [5, 5.41) is 5.89. The number of hydrogen-bond donors (Lipinski definition) is 2. The molecule has 3 heteroatoms. The third-order valence-corrected chi connectivity index (χ3v) is 1.52. The van der Waals surface area contributed by atoms with E-state index in [9.17, 15) is 4.79 Å². The van der Waals surface area contributed by atoms with Crippen LogP contribution in [0.15, 0.2) is 12.7 Å². The molecule has 3 nitrogen and oxygen atoms in total. The second kappa shape index (κ2) is 5.02. The van der Waals surface area contributed by atoms with Crippen LogP contribution in [0.2, 0.25) is 0 Å². The van der Waals surface area contributed by atoms with Crippen molar-refractivity contribution in [2.24, 2.45) is 0 Å². The van der Waals surface area contributed by atoms with Gasteiger partial charge in [-0.15, -0.1) is 6.58 Å². The van der Waals surface area contributed by atoms with Gasteiger partial charge in [-0.1, -0.05) is 6.08 Å². The van der Waals surface area contributed by atoms with Crippen LogP contribution in [0.5, 0.6) is 0 Å². The Morgan fingerprint density at radius 3 is 2.46 bits per heavy atom. The minimum atomic E-state index is -0.0191. The van der Waals surface area contributed by atoms with Crippen LogP contribution in [0.1, 0.15) is 27.7 Å². The second-order valence-corrected chi connectivity index (χ2v) is 4.20. The maximum atomic E-state index is 11.2. The van der Waals surface area contributed by atoms with Gasteiger partial charge in [0.1, 0.15) is 0 Å². The van der Waals surface area contributed by atoms with Gasteiger partial charge in [-0.3, -0.25) is 4.79 Å². The molecule has 0 aromatic heterocycles. The van der Waals surface area contributed by atoms with Crippen molar-refractivity contribution >= 4 is 5.91 Å². The first kappa shape index (κ1) is 12.2. The topological polar surface area (TPSA) is 41.1 Å². The van der Waals surface area contributed by atoms with Crippen LogP contribution in [0.4, 0.5) is 0 Å². The van der Waals surface area contributed by atoms with Crippen molar-refractivity contribution < 1.29 is 4.79 Å². The minimum Gasteiger partial charge on any atom is -0.349 e. The van der Waals surface area contributed by atoms with E-state index >= 15 is 0 Å². The lowest BCUT2D eigenvalue weighted by molar-refractivity contribution is -0.120. The predicted molar refractivity (Wildman–Crippen MR) is 55.6 cm³/mol. The van der Waals surface area contributed by atoms with Gasteiger partial charge in [0.15, 0.2) is 0 Å². The highest BCUT2D eigenvalue weighted by Gasteiger charge is 2.11. The summed E-state index contributed by atoms with van der Waals surface area (Å²) in [5.41, 5.74) is -0.0191. The first-order valence-electron chi connectivity index (χ1n) is 4.52. The molecule has 0 heterocycles. The molecule has 0 rings (SSSR count). The number of amides is 1. The summed E-state index contributed by atoms with van der Waals surface area (Å²) in [6, 6.07) is 0.0364. The van der Waals surface area contributed by atoms with Crippen LogP contribution >= 0.6 is 0 Å². The lowest BCUT2D eigenvalue weighted by Gasteiger charge is -2.20. The summed E-state index contributed by atoms with van der Waals surface area (Å²) in [5.74, 6) is 0.00215. The lowest BCUT2D eigenvalue weighted by Crippen LogP contribution is -2.44. The van der Waals surface area contributed by atoms with E-state index in [4.69, 9.17) is 0 Å². The third-order valence-electron chi connectivity index (χ3n) is 1.52. The average Bonchev–Trinajstić information content (AvgIpc) is 1.99. The van der Waals surface area contributed by atoms with Gasteiger partial charge >= 0.3 is 0 Å². The molecular formula is C10H20N2O. The van der Waals surface area contributed by atoms with Crippen LogP contribution in [-0.2, 0) is 4.79 Å². The third kappa shape index (κ3) is 7.53. The van der Waals surface area contributed by atoms with Gasteiger partial charge in [-0.2, -0.15) is 0 Å². The van der Waals surface area contributed by atoms with E-state index in [0.717, 1.165) is 0 Å². The van der Waals surface area contributed by atoms with E-state index in [-0.39, 0.29) is 17.5 Å². The molecule has 0 aliphatic heterocycles. The smallest absolute Gasteiger partial charge is 0.234 e. The Morgan fingerprint density at radius 2 is 2.08 bits per heavy atom.